The molecule has 0 saturated heterocycles. The van der Waals surface area contributed by atoms with Crippen LogP contribution in [-0.4, -0.2) is 25.2 Å². The van der Waals surface area contributed by atoms with Crippen LogP contribution in [0.2, 0.25) is 0 Å². The number of carbonyl (C=O) groups is 1. The number of alkyl halides is 3. The van der Waals surface area contributed by atoms with Gasteiger partial charge < -0.3 is 10.3 Å². The van der Waals surface area contributed by atoms with Gasteiger partial charge in [0.1, 0.15) is 11.4 Å². The summed E-state index contributed by atoms with van der Waals surface area (Å²) in [7, 11) is 1.80. The van der Waals surface area contributed by atoms with Crippen LogP contribution in [0.15, 0.2) is 36.9 Å². The van der Waals surface area contributed by atoms with Crippen molar-refractivity contribution in [2.45, 2.75) is 32.5 Å². The van der Waals surface area contributed by atoms with E-state index >= 15 is 0 Å². The molecule has 9 heteroatoms. The molecule has 1 unspecified atom stereocenters. The van der Waals surface area contributed by atoms with Gasteiger partial charge in [-0.05, 0) is 36.6 Å². The SMILES string of the molecule is Cc1c(Cc2ccc(C(F)(F)F)nc2)cn(C(C)c2cnn(C)c2)c1C(N)=O. The molecule has 0 radical (unpaired) electrons. The predicted octanol–water partition coefficient (Wildman–Crippen LogP) is 3.24. The molecular weight excluding hydrogens is 371 g/mol. The summed E-state index contributed by atoms with van der Waals surface area (Å²) in [5.41, 5.74) is 8.03. The number of carbonyl (C=O) groups excluding carboxylic acids is 1. The van der Waals surface area contributed by atoms with E-state index in [1.165, 1.54) is 12.3 Å². The third kappa shape index (κ3) is 3.78. The van der Waals surface area contributed by atoms with Crippen LogP contribution in [0.4, 0.5) is 13.2 Å². The average Bonchev–Trinajstić information content (AvgIpc) is 3.18. The number of primary amides is 1. The van der Waals surface area contributed by atoms with E-state index in [0.29, 0.717) is 23.2 Å². The lowest BCUT2D eigenvalue weighted by atomic mass is 10.0. The molecule has 3 aromatic heterocycles. The van der Waals surface area contributed by atoms with Crippen molar-refractivity contribution >= 4 is 5.91 Å². The van der Waals surface area contributed by atoms with Crippen molar-refractivity contribution in [3.8, 4) is 0 Å². The molecule has 0 aliphatic heterocycles. The van der Waals surface area contributed by atoms with E-state index < -0.39 is 17.8 Å². The van der Waals surface area contributed by atoms with Crippen molar-refractivity contribution in [2.24, 2.45) is 12.8 Å². The zero-order valence-corrected chi connectivity index (χ0v) is 15.7. The lowest BCUT2D eigenvalue weighted by molar-refractivity contribution is -0.141. The van der Waals surface area contributed by atoms with Gasteiger partial charge in [-0.2, -0.15) is 18.3 Å². The first-order chi connectivity index (χ1) is 13.1. The van der Waals surface area contributed by atoms with Gasteiger partial charge in [-0.1, -0.05) is 6.07 Å². The van der Waals surface area contributed by atoms with Gasteiger partial charge in [0.2, 0.25) is 0 Å². The van der Waals surface area contributed by atoms with Gasteiger partial charge in [-0.15, -0.1) is 0 Å². The monoisotopic (exact) mass is 391 g/mol. The van der Waals surface area contributed by atoms with Gasteiger partial charge in [-0.25, -0.2) is 0 Å². The second-order valence-electron chi connectivity index (χ2n) is 6.75. The summed E-state index contributed by atoms with van der Waals surface area (Å²) in [5.74, 6) is -0.565. The molecule has 3 aromatic rings. The van der Waals surface area contributed by atoms with E-state index in [4.69, 9.17) is 5.73 Å². The number of aryl methyl sites for hydroxylation is 1. The zero-order chi connectivity index (χ0) is 20.6. The Labute approximate surface area is 159 Å². The van der Waals surface area contributed by atoms with Gasteiger partial charge >= 0.3 is 6.18 Å². The summed E-state index contributed by atoms with van der Waals surface area (Å²) in [6, 6.07) is 2.16. The molecule has 148 valence electrons. The Morgan fingerprint density at radius 1 is 1.25 bits per heavy atom. The third-order valence-corrected chi connectivity index (χ3v) is 4.76. The highest BCUT2D eigenvalue weighted by atomic mass is 19.4. The minimum absolute atomic E-state index is 0.186. The minimum Gasteiger partial charge on any atom is -0.364 e. The number of aromatic nitrogens is 4. The van der Waals surface area contributed by atoms with Crippen molar-refractivity contribution in [3.05, 3.63) is 70.6 Å². The molecule has 0 aliphatic carbocycles. The summed E-state index contributed by atoms with van der Waals surface area (Å²) in [6.07, 6.45) is 2.44. The number of nitrogens with zero attached hydrogens (tertiary/aromatic N) is 4. The first-order valence-corrected chi connectivity index (χ1v) is 8.58. The zero-order valence-electron chi connectivity index (χ0n) is 15.7. The molecule has 3 rings (SSSR count). The molecule has 3 heterocycles. The minimum atomic E-state index is -4.48. The quantitative estimate of drug-likeness (QED) is 0.725. The Kier molecular flexibility index (Phi) is 5.01. The van der Waals surface area contributed by atoms with E-state index in [0.717, 1.165) is 17.2 Å². The van der Waals surface area contributed by atoms with E-state index in [9.17, 15) is 18.0 Å². The second kappa shape index (κ2) is 7.14. The van der Waals surface area contributed by atoms with Crippen molar-refractivity contribution < 1.29 is 18.0 Å². The van der Waals surface area contributed by atoms with Crippen LogP contribution in [0.3, 0.4) is 0 Å². The normalized spacial score (nSPS) is 12.9. The maximum Gasteiger partial charge on any atom is 0.433 e. The summed E-state index contributed by atoms with van der Waals surface area (Å²) in [4.78, 5) is 15.5. The Morgan fingerprint density at radius 2 is 1.96 bits per heavy atom. The second-order valence-corrected chi connectivity index (χ2v) is 6.75. The van der Waals surface area contributed by atoms with Gasteiger partial charge in [0.25, 0.3) is 5.91 Å². The largest absolute Gasteiger partial charge is 0.433 e. The first-order valence-electron chi connectivity index (χ1n) is 8.58. The lowest BCUT2D eigenvalue weighted by Gasteiger charge is -2.15. The Hall–Kier alpha value is -3.10. The van der Waals surface area contributed by atoms with Gasteiger partial charge in [-0.3, -0.25) is 14.5 Å². The number of hydrogen-bond donors (Lipinski definition) is 1. The Morgan fingerprint density at radius 3 is 2.46 bits per heavy atom. The molecule has 1 amide bonds. The number of nitrogens with two attached hydrogens (primary N) is 1. The third-order valence-electron chi connectivity index (χ3n) is 4.76. The van der Waals surface area contributed by atoms with Gasteiger partial charge in [0, 0.05) is 37.6 Å². The lowest BCUT2D eigenvalue weighted by Crippen LogP contribution is -2.20. The molecule has 1 atom stereocenters. The summed E-state index contributed by atoms with van der Waals surface area (Å²) in [5, 5.41) is 4.15. The van der Waals surface area contributed by atoms with Gasteiger partial charge in [0.15, 0.2) is 0 Å². The predicted molar refractivity (Wildman–Crippen MR) is 96.8 cm³/mol. The summed E-state index contributed by atoms with van der Waals surface area (Å²) >= 11 is 0. The molecule has 0 fully saturated rings. The summed E-state index contributed by atoms with van der Waals surface area (Å²) in [6.45, 7) is 3.70. The van der Waals surface area contributed by atoms with Crippen molar-refractivity contribution in [1.29, 1.82) is 0 Å². The van der Waals surface area contributed by atoms with Gasteiger partial charge in [0.05, 0.1) is 12.2 Å². The van der Waals surface area contributed by atoms with Crippen LogP contribution < -0.4 is 5.73 Å². The number of amides is 1. The maximum absolute atomic E-state index is 12.7. The molecule has 0 bridgehead atoms. The van der Waals surface area contributed by atoms with Crippen LogP contribution in [-0.2, 0) is 19.6 Å². The molecule has 6 nitrogen and oxygen atoms in total. The molecule has 0 saturated carbocycles. The Bertz CT molecular complexity index is 1000. The fourth-order valence-corrected chi connectivity index (χ4v) is 3.20. The first kappa shape index (κ1) is 19.7. The van der Waals surface area contributed by atoms with Crippen LogP contribution in [0.1, 0.15) is 51.4 Å². The number of halogens is 3. The van der Waals surface area contributed by atoms with E-state index in [2.05, 4.69) is 10.1 Å². The molecule has 0 aromatic carbocycles. The van der Waals surface area contributed by atoms with Crippen LogP contribution >= 0.6 is 0 Å². The maximum atomic E-state index is 12.7. The van der Waals surface area contributed by atoms with Crippen molar-refractivity contribution in [1.82, 2.24) is 19.3 Å². The Balaban J connectivity index is 1.95. The van der Waals surface area contributed by atoms with Crippen molar-refractivity contribution in [2.75, 3.05) is 0 Å². The van der Waals surface area contributed by atoms with Crippen LogP contribution in [0.5, 0.6) is 0 Å². The topological polar surface area (TPSA) is 78.7 Å². The standard InChI is InChI=1S/C19H20F3N5O/c1-11-14(6-13-4-5-16(24-7-13)19(20,21)22)10-27(17(11)18(23)28)12(2)15-8-25-26(3)9-15/h4-5,7-10,12H,6H2,1-3H3,(H2,23,28). The van der Waals surface area contributed by atoms with Crippen LogP contribution in [0, 0.1) is 6.92 Å². The van der Waals surface area contributed by atoms with Crippen LogP contribution in [0.25, 0.3) is 0 Å². The highest BCUT2D eigenvalue weighted by Gasteiger charge is 2.32. The molecule has 2 N–H and O–H groups in total. The average molecular weight is 391 g/mol. The summed E-state index contributed by atoms with van der Waals surface area (Å²) < 4.78 is 41.5. The highest BCUT2D eigenvalue weighted by molar-refractivity contribution is 5.93. The van der Waals surface area contributed by atoms with E-state index in [1.807, 2.05) is 19.3 Å². The number of rotatable bonds is 5. The van der Waals surface area contributed by atoms with E-state index in [1.54, 1.807) is 29.4 Å². The fraction of sp³-hybridized carbons (Fsp3) is 0.316. The number of pyridine rings is 1. The molecular formula is C19H20F3N5O. The number of hydrogen-bond acceptors (Lipinski definition) is 3. The smallest absolute Gasteiger partial charge is 0.364 e. The van der Waals surface area contributed by atoms with Crippen molar-refractivity contribution in [3.63, 3.8) is 0 Å². The molecule has 0 aliphatic rings. The highest BCUT2D eigenvalue weighted by Crippen LogP contribution is 2.29. The molecule has 28 heavy (non-hydrogen) atoms. The van der Waals surface area contributed by atoms with E-state index in [-0.39, 0.29) is 6.04 Å². The fourth-order valence-electron chi connectivity index (χ4n) is 3.20. The molecule has 0 spiro atoms.